The summed E-state index contributed by atoms with van der Waals surface area (Å²) >= 11 is 0. The van der Waals surface area contributed by atoms with Gasteiger partial charge in [-0.1, -0.05) is 231 Å². The summed E-state index contributed by atoms with van der Waals surface area (Å²) in [7, 11) is 0. The Bertz CT molecular complexity index is 3980. The highest BCUT2D eigenvalue weighted by molar-refractivity contribution is 6.15. The zero-order chi connectivity index (χ0) is 46.0. The van der Waals surface area contributed by atoms with Gasteiger partial charge >= 0.3 is 0 Å². The van der Waals surface area contributed by atoms with E-state index in [1.165, 1.54) is 99.8 Å². The number of benzene rings is 11. The molecular formula is C68H44N2. The second-order valence-corrected chi connectivity index (χ2v) is 19.0. The van der Waals surface area contributed by atoms with Crippen molar-refractivity contribution in [2.75, 3.05) is 4.90 Å². The molecule has 1 aliphatic heterocycles. The number of hydrogen-bond donors (Lipinski definition) is 0. The van der Waals surface area contributed by atoms with Crippen LogP contribution in [0, 0.1) is 0 Å². The summed E-state index contributed by atoms with van der Waals surface area (Å²) in [6.45, 7) is 0. The molecule has 326 valence electrons. The van der Waals surface area contributed by atoms with Crippen molar-refractivity contribution < 1.29 is 0 Å². The van der Waals surface area contributed by atoms with Gasteiger partial charge in [0, 0.05) is 27.6 Å². The fourth-order valence-corrected chi connectivity index (χ4v) is 13.3. The van der Waals surface area contributed by atoms with E-state index in [4.69, 9.17) is 0 Å². The van der Waals surface area contributed by atoms with Gasteiger partial charge in [0.05, 0.1) is 38.9 Å². The largest absolute Gasteiger partial charge is 0.309 e. The van der Waals surface area contributed by atoms with E-state index in [-0.39, 0.29) is 0 Å². The quantitative estimate of drug-likeness (QED) is 0.161. The highest BCUT2D eigenvalue weighted by Crippen LogP contribution is 2.64. The molecule has 15 rings (SSSR count). The van der Waals surface area contributed by atoms with Crippen LogP contribution in [0.5, 0.6) is 0 Å². The van der Waals surface area contributed by atoms with Gasteiger partial charge in [-0.25, -0.2) is 0 Å². The number of aromatic nitrogens is 1. The molecule has 2 heterocycles. The van der Waals surface area contributed by atoms with Crippen LogP contribution in [0.2, 0.25) is 0 Å². The normalized spacial score (nSPS) is 13.9. The first-order chi connectivity index (χ1) is 34.8. The molecule has 2 aliphatic carbocycles. The molecule has 0 atom stereocenters. The van der Waals surface area contributed by atoms with Gasteiger partial charge in [0.25, 0.3) is 0 Å². The van der Waals surface area contributed by atoms with Gasteiger partial charge in [-0.05, 0) is 103 Å². The summed E-state index contributed by atoms with van der Waals surface area (Å²) in [5.41, 5.74) is 23.5. The van der Waals surface area contributed by atoms with Crippen molar-refractivity contribution in [2.45, 2.75) is 10.8 Å². The Morgan fingerprint density at radius 2 is 0.814 bits per heavy atom. The minimum Gasteiger partial charge on any atom is -0.309 e. The smallest absolute Gasteiger partial charge is 0.0755 e. The van der Waals surface area contributed by atoms with Crippen LogP contribution in [0.3, 0.4) is 0 Å². The fourth-order valence-electron chi connectivity index (χ4n) is 13.3. The van der Waals surface area contributed by atoms with E-state index < -0.39 is 10.8 Å². The molecule has 2 heteroatoms. The Hall–Kier alpha value is -8.98. The maximum absolute atomic E-state index is 2.60. The van der Waals surface area contributed by atoms with E-state index in [0.717, 1.165) is 22.6 Å². The predicted molar refractivity (Wildman–Crippen MR) is 289 cm³/mol. The van der Waals surface area contributed by atoms with Gasteiger partial charge in [-0.2, -0.15) is 0 Å². The lowest BCUT2D eigenvalue weighted by atomic mass is 9.65. The summed E-state index contributed by atoms with van der Waals surface area (Å²) < 4.78 is 2.56. The van der Waals surface area contributed by atoms with Crippen LogP contribution in [-0.2, 0) is 10.8 Å². The molecule has 2 nitrogen and oxygen atoms in total. The second kappa shape index (κ2) is 14.8. The molecule has 0 N–H and O–H groups in total. The van der Waals surface area contributed by atoms with Gasteiger partial charge in [-0.15, -0.1) is 0 Å². The second-order valence-electron chi connectivity index (χ2n) is 19.0. The van der Waals surface area contributed by atoms with E-state index in [1.807, 2.05) is 0 Å². The van der Waals surface area contributed by atoms with Crippen LogP contribution in [-0.4, -0.2) is 4.57 Å². The lowest BCUT2D eigenvalue weighted by Crippen LogP contribution is -2.33. The molecule has 0 bridgehead atoms. The van der Waals surface area contributed by atoms with Crippen molar-refractivity contribution >= 4 is 38.9 Å². The van der Waals surface area contributed by atoms with Crippen LogP contribution in [0.25, 0.3) is 60.9 Å². The molecule has 11 aromatic carbocycles. The van der Waals surface area contributed by atoms with Gasteiger partial charge < -0.3 is 9.47 Å². The number of fused-ring (bicyclic) bond motifs is 15. The molecule has 1 spiro atoms. The van der Waals surface area contributed by atoms with Gasteiger partial charge in [-0.3, -0.25) is 0 Å². The van der Waals surface area contributed by atoms with E-state index >= 15 is 0 Å². The van der Waals surface area contributed by atoms with Crippen molar-refractivity contribution in [3.8, 4) is 39.1 Å². The summed E-state index contributed by atoms with van der Waals surface area (Å²) in [6.07, 6.45) is 0. The van der Waals surface area contributed by atoms with Crippen molar-refractivity contribution in [2.24, 2.45) is 0 Å². The molecule has 12 aromatic rings. The Morgan fingerprint density at radius 1 is 0.314 bits per heavy atom. The first-order valence-corrected chi connectivity index (χ1v) is 24.4. The number of para-hydroxylation sites is 3. The standard InChI is InChI=1S/C68H44N2/c1-4-23-45(24-5-1)49-29-13-19-39-61(49)69(64-42-22-38-59-65(64)53-33-12-17-36-57(53)67(59,46-25-6-2-7-26-46)47-27-8-3-9-28-47)48-43-54-52-32-14-20-40-62(52)70-63-41-21-18-37-58(63)68(60(44-48)66(54)70)55-34-15-10-30-50(55)51-31-11-16-35-56(51)68/h1-44H. The van der Waals surface area contributed by atoms with Crippen LogP contribution in [0.4, 0.5) is 17.1 Å². The maximum Gasteiger partial charge on any atom is 0.0755 e. The lowest BCUT2D eigenvalue weighted by molar-refractivity contribution is 0.748. The molecule has 3 aliphatic rings. The summed E-state index contributed by atoms with van der Waals surface area (Å²) in [5, 5.41) is 2.47. The van der Waals surface area contributed by atoms with E-state index in [9.17, 15) is 0 Å². The highest BCUT2D eigenvalue weighted by Gasteiger charge is 2.52. The highest BCUT2D eigenvalue weighted by atomic mass is 15.2. The van der Waals surface area contributed by atoms with E-state index in [0.29, 0.717) is 0 Å². The van der Waals surface area contributed by atoms with Gasteiger partial charge in [0.15, 0.2) is 0 Å². The average molecular weight is 889 g/mol. The molecule has 1 aromatic heterocycles. The number of anilines is 3. The van der Waals surface area contributed by atoms with Gasteiger partial charge in [0.1, 0.15) is 0 Å². The zero-order valence-corrected chi connectivity index (χ0v) is 38.3. The van der Waals surface area contributed by atoms with Gasteiger partial charge in [0.2, 0.25) is 0 Å². The third kappa shape index (κ3) is 5.02. The topological polar surface area (TPSA) is 8.17 Å². The average Bonchev–Trinajstić information content (AvgIpc) is 4.05. The van der Waals surface area contributed by atoms with Crippen molar-refractivity contribution in [1.29, 1.82) is 0 Å². The maximum atomic E-state index is 2.60. The van der Waals surface area contributed by atoms with Crippen molar-refractivity contribution in [3.63, 3.8) is 0 Å². The van der Waals surface area contributed by atoms with Crippen LogP contribution >= 0.6 is 0 Å². The Labute approximate surface area is 407 Å². The third-order valence-corrected chi connectivity index (χ3v) is 15.8. The Kier molecular flexibility index (Phi) is 8.24. The van der Waals surface area contributed by atoms with E-state index in [2.05, 4.69) is 276 Å². The molecule has 0 saturated carbocycles. The number of nitrogens with zero attached hydrogens (tertiary/aromatic N) is 2. The van der Waals surface area contributed by atoms with E-state index in [1.54, 1.807) is 0 Å². The molecule has 0 radical (unpaired) electrons. The SMILES string of the molecule is c1ccc(-c2ccccc2N(c2cc3c4c(c2)c2ccccc2n4-c2ccccc2C32c3ccccc3-c3ccccc32)c2cccc3c2-c2ccccc2C3(c2ccccc2)c2ccccc2)cc1. The Balaban J connectivity index is 1.12. The summed E-state index contributed by atoms with van der Waals surface area (Å²) in [6, 6.07) is 100. The molecule has 0 unspecified atom stereocenters. The monoisotopic (exact) mass is 888 g/mol. The first kappa shape index (κ1) is 39.1. The number of hydrogen-bond acceptors (Lipinski definition) is 1. The van der Waals surface area contributed by atoms with Crippen LogP contribution in [0.1, 0.15) is 44.5 Å². The molecule has 0 fully saturated rings. The van der Waals surface area contributed by atoms with Crippen LogP contribution in [0.15, 0.2) is 267 Å². The van der Waals surface area contributed by atoms with Crippen molar-refractivity contribution in [1.82, 2.24) is 4.57 Å². The number of rotatable bonds is 6. The zero-order valence-electron chi connectivity index (χ0n) is 38.3. The lowest BCUT2D eigenvalue weighted by Gasteiger charge is -2.40. The molecule has 70 heavy (non-hydrogen) atoms. The summed E-state index contributed by atoms with van der Waals surface area (Å²) in [4.78, 5) is 2.60. The predicted octanol–water partition coefficient (Wildman–Crippen LogP) is 17.0. The minimum absolute atomic E-state index is 0.566. The van der Waals surface area contributed by atoms with Crippen molar-refractivity contribution in [3.05, 3.63) is 311 Å². The Morgan fingerprint density at radius 3 is 1.50 bits per heavy atom. The summed E-state index contributed by atoms with van der Waals surface area (Å²) in [5.74, 6) is 0. The minimum atomic E-state index is -0.603. The first-order valence-electron chi connectivity index (χ1n) is 24.4. The van der Waals surface area contributed by atoms with Crippen LogP contribution < -0.4 is 4.90 Å². The molecule has 0 saturated heterocycles. The fraction of sp³-hybridized carbons (Fsp3) is 0.0294. The third-order valence-electron chi connectivity index (χ3n) is 15.8. The molecule has 0 amide bonds. The molecular weight excluding hydrogens is 845 g/mol.